The maximum Gasteiger partial charge on any atom is 0.0112 e. The molecular formula is C12H28N4. The Kier molecular flexibility index (Phi) is 7.76. The molecule has 0 amide bonds. The molecule has 96 valence electrons. The molecular weight excluding hydrogens is 200 g/mol. The van der Waals surface area contributed by atoms with Crippen LogP contribution in [-0.2, 0) is 0 Å². The minimum atomic E-state index is 1.06. The number of nitrogens with one attached hydrogen (secondary N) is 2. The van der Waals surface area contributed by atoms with Gasteiger partial charge in [-0.25, -0.2) is 0 Å². The normalized spacial score (nSPS) is 17.4. The molecule has 2 N–H and O–H groups in total. The monoisotopic (exact) mass is 228 g/mol. The number of hydrazine groups is 1. The second-order valence-corrected chi connectivity index (χ2v) is 4.91. The van der Waals surface area contributed by atoms with Gasteiger partial charge in [0, 0.05) is 13.1 Å². The summed E-state index contributed by atoms with van der Waals surface area (Å²) >= 11 is 0. The molecule has 0 atom stereocenters. The predicted molar refractivity (Wildman–Crippen MR) is 69.5 cm³/mol. The quantitative estimate of drug-likeness (QED) is 0.445. The van der Waals surface area contributed by atoms with E-state index in [1.165, 1.54) is 45.3 Å². The molecule has 0 unspecified atom stereocenters. The van der Waals surface area contributed by atoms with Crippen LogP contribution in [-0.4, -0.2) is 63.2 Å². The van der Waals surface area contributed by atoms with Gasteiger partial charge in [0.1, 0.15) is 0 Å². The van der Waals surface area contributed by atoms with Crippen molar-refractivity contribution in [3.05, 3.63) is 0 Å². The summed E-state index contributed by atoms with van der Waals surface area (Å²) in [6.45, 7) is 7.18. The summed E-state index contributed by atoms with van der Waals surface area (Å²) in [5.74, 6) is 0. The van der Waals surface area contributed by atoms with Gasteiger partial charge in [-0.3, -0.25) is 10.9 Å². The highest BCUT2D eigenvalue weighted by Crippen LogP contribution is 2.06. The third kappa shape index (κ3) is 7.17. The number of hydrogen-bond donors (Lipinski definition) is 2. The zero-order chi connectivity index (χ0) is 11.6. The molecule has 16 heavy (non-hydrogen) atoms. The van der Waals surface area contributed by atoms with E-state index in [2.05, 4.69) is 34.7 Å². The first-order chi connectivity index (χ1) is 7.79. The highest BCUT2D eigenvalue weighted by atomic mass is 15.3. The lowest BCUT2D eigenvalue weighted by Crippen LogP contribution is -2.36. The van der Waals surface area contributed by atoms with E-state index >= 15 is 0 Å². The van der Waals surface area contributed by atoms with E-state index in [9.17, 15) is 0 Å². The van der Waals surface area contributed by atoms with E-state index in [0.29, 0.717) is 0 Å². The molecule has 0 spiro atoms. The molecule has 1 fully saturated rings. The number of nitrogens with zero attached hydrogens (tertiary/aromatic N) is 2. The van der Waals surface area contributed by atoms with E-state index in [0.717, 1.165) is 19.6 Å². The van der Waals surface area contributed by atoms with Crippen molar-refractivity contribution in [1.29, 1.82) is 0 Å². The van der Waals surface area contributed by atoms with Crippen molar-refractivity contribution in [3.63, 3.8) is 0 Å². The highest BCUT2D eigenvalue weighted by molar-refractivity contribution is 4.65. The lowest BCUT2D eigenvalue weighted by Gasteiger charge is -2.14. The van der Waals surface area contributed by atoms with Crippen molar-refractivity contribution < 1.29 is 0 Å². The number of likely N-dealkylation sites (tertiary alicyclic amines) is 1. The molecule has 0 radical (unpaired) electrons. The average Bonchev–Trinajstić information content (AvgIpc) is 2.74. The summed E-state index contributed by atoms with van der Waals surface area (Å²) in [7, 11) is 4.23. The van der Waals surface area contributed by atoms with Gasteiger partial charge in [0.25, 0.3) is 0 Å². The van der Waals surface area contributed by atoms with Gasteiger partial charge in [0.15, 0.2) is 0 Å². The minimum Gasteiger partial charge on any atom is -0.309 e. The van der Waals surface area contributed by atoms with Crippen molar-refractivity contribution in [2.75, 3.05) is 53.4 Å². The number of rotatable bonds is 9. The second-order valence-electron chi connectivity index (χ2n) is 4.91. The van der Waals surface area contributed by atoms with Gasteiger partial charge in [0.05, 0.1) is 0 Å². The zero-order valence-corrected chi connectivity index (χ0v) is 11.0. The van der Waals surface area contributed by atoms with Crippen LogP contribution in [0.4, 0.5) is 0 Å². The lowest BCUT2D eigenvalue weighted by molar-refractivity contribution is 0.325. The molecule has 0 aromatic heterocycles. The van der Waals surface area contributed by atoms with E-state index in [4.69, 9.17) is 0 Å². The van der Waals surface area contributed by atoms with E-state index in [1.54, 1.807) is 0 Å². The summed E-state index contributed by atoms with van der Waals surface area (Å²) in [5, 5.41) is 0. The fourth-order valence-corrected chi connectivity index (χ4v) is 2.06. The van der Waals surface area contributed by atoms with Gasteiger partial charge in [-0.1, -0.05) is 0 Å². The predicted octanol–water partition coefficient (Wildman–Crippen LogP) is 0.518. The fraction of sp³-hybridized carbons (Fsp3) is 1.00. The Balaban J connectivity index is 1.74. The molecule has 0 aliphatic carbocycles. The van der Waals surface area contributed by atoms with Crippen molar-refractivity contribution in [2.24, 2.45) is 0 Å². The maximum atomic E-state index is 3.29. The second kappa shape index (κ2) is 8.93. The first-order valence-electron chi connectivity index (χ1n) is 6.62. The van der Waals surface area contributed by atoms with Crippen LogP contribution in [0.25, 0.3) is 0 Å². The first-order valence-corrected chi connectivity index (χ1v) is 6.62. The molecule has 4 nitrogen and oxygen atoms in total. The van der Waals surface area contributed by atoms with Gasteiger partial charge in [-0.2, -0.15) is 0 Å². The Morgan fingerprint density at radius 3 is 2.25 bits per heavy atom. The number of hydrogen-bond acceptors (Lipinski definition) is 4. The minimum absolute atomic E-state index is 1.06. The third-order valence-corrected chi connectivity index (χ3v) is 3.01. The van der Waals surface area contributed by atoms with Crippen LogP contribution in [0.5, 0.6) is 0 Å². The smallest absolute Gasteiger partial charge is 0.0112 e. The SMILES string of the molecule is CN(C)CCCNNCCCN1CCCC1. The molecule has 0 saturated carbocycles. The van der Waals surface area contributed by atoms with Crippen LogP contribution in [0, 0.1) is 0 Å². The van der Waals surface area contributed by atoms with E-state index < -0.39 is 0 Å². The van der Waals surface area contributed by atoms with Crippen LogP contribution >= 0.6 is 0 Å². The summed E-state index contributed by atoms with van der Waals surface area (Å²) in [5.41, 5.74) is 6.56. The van der Waals surface area contributed by atoms with Crippen LogP contribution < -0.4 is 10.9 Å². The molecule has 0 aromatic carbocycles. The largest absolute Gasteiger partial charge is 0.309 e. The van der Waals surface area contributed by atoms with Gasteiger partial charge in [0.2, 0.25) is 0 Å². The lowest BCUT2D eigenvalue weighted by atomic mass is 10.4. The Morgan fingerprint density at radius 1 is 1.00 bits per heavy atom. The van der Waals surface area contributed by atoms with Crippen LogP contribution in [0.1, 0.15) is 25.7 Å². The molecule has 1 rings (SSSR count). The van der Waals surface area contributed by atoms with Gasteiger partial charge < -0.3 is 9.80 Å². The molecule has 1 aliphatic heterocycles. The van der Waals surface area contributed by atoms with Crippen molar-refractivity contribution in [3.8, 4) is 0 Å². The van der Waals surface area contributed by atoms with Gasteiger partial charge in [-0.05, 0) is 66.0 Å². The topological polar surface area (TPSA) is 30.5 Å². The molecule has 4 heteroatoms. The van der Waals surface area contributed by atoms with Crippen LogP contribution in [0.15, 0.2) is 0 Å². The van der Waals surface area contributed by atoms with Gasteiger partial charge in [-0.15, -0.1) is 0 Å². The molecule has 1 saturated heterocycles. The molecule has 0 aromatic rings. The Hall–Kier alpha value is -0.160. The summed E-state index contributed by atoms with van der Waals surface area (Å²) < 4.78 is 0. The summed E-state index contributed by atoms with van der Waals surface area (Å²) in [4.78, 5) is 4.78. The van der Waals surface area contributed by atoms with Crippen LogP contribution in [0.2, 0.25) is 0 Å². The Bertz CT molecular complexity index is 155. The Morgan fingerprint density at radius 2 is 1.62 bits per heavy atom. The Labute approximate surface area is 100 Å². The highest BCUT2D eigenvalue weighted by Gasteiger charge is 2.09. The molecule has 0 bridgehead atoms. The third-order valence-electron chi connectivity index (χ3n) is 3.01. The van der Waals surface area contributed by atoms with E-state index in [1.807, 2.05) is 0 Å². The van der Waals surface area contributed by atoms with Crippen molar-refractivity contribution >= 4 is 0 Å². The summed E-state index contributed by atoms with van der Waals surface area (Å²) in [6, 6.07) is 0. The standard InChI is InChI=1S/C12H28N4/c1-15(2)9-5-7-13-14-8-6-12-16-10-3-4-11-16/h13-14H,3-12H2,1-2H3. The van der Waals surface area contributed by atoms with Crippen molar-refractivity contribution in [2.45, 2.75) is 25.7 Å². The van der Waals surface area contributed by atoms with E-state index in [-0.39, 0.29) is 0 Å². The van der Waals surface area contributed by atoms with Crippen molar-refractivity contribution in [1.82, 2.24) is 20.7 Å². The fourth-order valence-electron chi connectivity index (χ4n) is 2.06. The van der Waals surface area contributed by atoms with Crippen LogP contribution in [0.3, 0.4) is 0 Å². The molecule has 1 aliphatic rings. The van der Waals surface area contributed by atoms with Gasteiger partial charge >= 0.3 is 0 Å². The maximum absolute atomic E-state index is 3.29. The summed E-state index contributed by atoms with van der Waals surface area (Å²) in [6.07, 6.45) is 5.25. The zero-order valence-electron chi connectivity index (χ0n) is 11.0. The average molecular weight is 228 g/mol. The first kappa shape index (κ1) is 13.9. The molecule has 1 heterocycles.